The molecule has 0 radical (unpaired) electrons. The lowest BCUT2D eigenvalue weighted by Gasteiger charge is -2.31. The highest BCUT2D eigenvalue weighted by atomic mass is 16.6. The van der Waals surface area contributed by atoms with E-state index in [1.165, 1.54) is 0 Å². The van der Waals surface area contributed by atoms with Crippen molar-refractivity contribution in [2.24, 2.45) is 16.5 Å². The van der Waals surface area contributed by atoms with E-state index in [9.17, 15) is 4.79 Å². The number of carbonyl (C=O) groups excluding carboxylic acids is 1. The number of nitrogens with two attached hydrogens (primary N) is 2. The van der Waals surface area contributed by atoms with Gasteiger partial charge in [0.05, 0.1) is 12.2 Å². The number of nitrogens with zero attached hydrogens (tertiary/aromatic N) is 1. The van der Waals surface area contributed by atoms with Gasteiger partial charge in [0.25, 0.3) is 0 Å². The summed E-state index contributed by atoms with van der Waals surface area (Å²) in [6.07, 6.45) is 1.31. The molecule has 0 aliphatic carbocycles. The summed E-state index contributed by atoms with van der Waals surface area (Å²) in [5.74, 6) is 1.06. The van der Waals surface area contributed by atoms with E-state index in [-0.39, 0.29) is 12.0 Å². The van der Waals surface area contributed by atoms with E-state index in [0.717, 1.165) is 5.76 Å². The van der Waals surface area contributed by atoms with Crippen molar-refractivity contribution in [1.82, 2.24) is 0 Å². The summed E-state index contributed by atoms with van der Waals surface area (Å²) < 4.78 is 16.8. The first-order valence-corrected chi connectivity index (χ1v) is 8.85. The minimum absolute atomic E-state index is 0.133. The summed E-state index contributed by atoms with van der Waals surface area (Å²) in [5, 5.41) is 0. The van der Waals surface area contributed by atoms with E-state index in [0.29, 0.717) is 22.8 Å². The third kappa shape index (κ3) is 3.83. The highest BCUT2D eigenvalue weighted by molar-refractivity contribution is 5.90. The molecule has 4 N–H and O–H groups in total. The predicted molar refractivity (Wildman–Crippen MR) is 102 cm³/mol. The van der Waals surface area contributed by atoms with E-state index in [1.54, 1.807) is 30.5 Å². The molecule has 1 aromatic carbocycles. The lowest BCUT2D eigenvalue weighted by Crippen LogP contribution is -2.37. The van der Waals surface area contributed by atoms with Crippen LogP contribution in [0.15, 0.2) is 46.0 Å². The molecule has 1 aliphatic heterocycles. The van der Waals surface area contributed by atoms with E-state index >= 15 is 0 Å². The Labute approximate surface area is 158 Å². The Morgan fingerprint density at radius 2 is 2.07 bits per heavy atom. The van der Waals surface area contributed by atoms with Gasteiger partial charge in [0.2, 0.25) is 0 Å². The molecule has 2 heterocycles. The number of amidine groups is 1. The van der Waals surface area contributed by atoms with Crippen molar-refractivity contribution < 1.29 is 18.7 Å². The SMILES string of the molecule is CC1Oc2ccc(C(N)C(=O)OC(C)(C)C(C)c3ccco3)cc2N=C1N. The number of benzene rings is 1. The Hall–Kier alpha value is -2.80. The molecule has 0 saturated carbocycles. The Kier molecular flexibility index (Phi) is 4.97. The number of hydrogen-bond donors (Lipinski definition) is 2. The zero-order chi connectivity index (χ0) is 19.8. The van der Waals surface area contributed by atoms with Gasteiger partial charge in [-0.1, -0.05) is 13.0 Å². The number of carbonyl (C=O) groups is 1. The van der Waals surface area contributed by atoms with Crippen molar-refractivity contribution >= 4 is 17.5 Å². The van der Waals surface area contributed by atoms with E-state index in [1.807, 2.05) is 33.8 Å². The molecule has 3 unspecified atom stereocenters. The molecule has 2 aromatic rings. The van der Waals surface area contributed by atoms with Gasteiger partial charge in [-0.15, -0.1) is 0 Å². The van der Waals surface area contributed by atoms with Crippen molar-refractivity contribution in [3.63, 3.8) is 0 Å². The fourth-order valence-corrected chi connectivity index (χ4v) is 2.82. The maximum atomic E-state index is 12.6. The summed E-state index contributed by atoms with van der Waals surface area (Å²) in [6, 6.07) is 7.88. The lowest BCUT2D eigenvalue weighted by atomic mass is 9.90. The first kappa shape index (κ1) is 19.0. The lowest BCUT2D eigenvalue weighted by molar-refractivity contribution is -0.160. The van der Waals surface area contributed by atoms with Crippen LogP contribution in [-0.4, -0.2) is 23.5 Å². The Morgan fingerprint density at radius 1 is 1.33 bits per heavy atom. The van der Waals surface area contributed by atoms with Crippen LogP contribution in [0.1, 0.15) is 51.0 Å². The van der Waals surface area contributed by atoms with Gasteiger partial charge in [0.15, 0.2) is 6.10 Å². The second-order valence-electron chi connectivity index (χ2n) is 7.26. The molecular weight excluding hydrogens is 346 g/mol. The molecular formula is C20H25N3O4. The quantitative estimate of drug-likeness (QED) is 0.781. The van der Waals surface area contributed by atoms with Gasteiger partial charge in [-0.3, -0.25) is 0 Å². The molecule has 144 valence electrons. The van der Waals surface area contributed by atoms with Gasteiger partial charge < -0.3 is 25.4 Å². The Bertz CT molecular complexity index is 858. The number of fused-ring (bicyclic) bond motifs is 1. The highest BCUT2D eigenvalue weighted by Crippen LogP contribution is 2.35. The number of furan rings is 1. The molecule has 3 atom stereocenters. The van der Waals surface area contributed by atoms with Crippen LogP contribution < -0.4 is 16.2 Å². The third-order valence-electron chi connectivity index (χ3n) is 4.94. The average molecular weight is 371 g/mol. The topological polar surface area (TPSA) is 113 Å². The predicted octanol–water partition coefficient (Wildman–Crippen LogP) is 3.17. The molecule has 3 rings (SSSR count). The molecule has 7 heteroatoms. The minimum atomic E-state index is -0.950. The molecule has 0 fully saturated rings. The second-order valence-corrected chi connectivity index (χ2v) is 7.26. The first-order chi connectivity index (χ1) is 12.7. The summed E-state index contributed by atoms with van der Waals surface area (Å²) in [6.45, 7) is 7.42. The normalized spacial score (nSPS) is 18.7. The van der Waals surface area contributed by atoms with Crippen molar-refractivity contribution in [1.29, 1.82) is 0 Å². The van der Waals surface area contributed by atoms with Crippen LogP contribution in [0.4, 0.5) is 5.69 Å². The third-order valence-corrected chi connectivity index (χ3v) is 4.94. The number of aliphatic imine (C=N–C) groups is 1. The van der Waals surface area contributed by atoms with Crippen LogP contribution in [0.5, 0.6) is 5.75 Å². The molecule has 27 heavy (non-hydrogen) atoms. The Balaban J connectivity index is 1.76. The van der Waals surface area contributed by atoms with Crippen LogP contribution in [0.3, 0.4) is 0 Å². The number of hydrogen-bond acceptors (Lipinski definition) is 7. The van der Waals surface area contributed by atoms with Crippen molar-refractivity contribution in [2.45, 2.75) is 51.4 Å². The van der Waals surface area contributed by atoms with E-state index < -0.39 is 17.6 Å². The van der Waals surface area contributed by atoms with Crippen LogP contribution in [0.2, 0.25) is 0 Å². The first-order valence-electron chi connectivity index (χ1n) is 8.85. The monoisotopic (exact) mass is 371 g/mol. The Morgan fingerprint density at radius 3 is 2.74 bits per heavy atom. The van der Waals surface area contributed by atoms with Crippen LogP contribution in [0.25, 0.3) is 0 Å². The van der Waals surface area contributed by atoms with Gasteiger partial charge in [0.1, 0.15) is 34.7 Å². The zero-order valence-corrected chi connectivity index (χ0v) is 15.9. The fraction of sp³-hybridized carbons (Fsp3) is 0.400. The molecule has 0 spiro atoms. The highest BCUT2D eigenvalue weighted by Gasteiger charge is 2.35. The maximum absolute atomic E-state index is 12.6. The average Bonchev–Trinajstić information content (AvgIpc) is 3.15. The molecule has 0 saturated heterocycles. The molecule has 7 nitrogen and oxygen atoms in total. The minimum Gasteiger partial charge on any atom is -0.481 e. The zero-order valence-electron chi connectivity index (χ0n) is 15.9. The number of esters is 1. The van der Waals surface area contributed by atoms with Gasteiger partial charge in [-0.25, -0.2) is 9.79 Å². The van der Waals surface area contributed by atoms with Crippen molar-refractivity contribution in [3.8, 4) is 5.75 Å². The standard InChI is InChI=1S/C20H25N3O4/c1-11(15-6-5-9-25-15)20(3,4)27-19(24)17(21)13-7-8-16-14(10-13)23-18(22)12(2)26-16/h5-12,17H,21H2,1-4H3,(H2,22,23). The summed E-state index contributed by atoms with van der Waals surface area (Å²) in [4.78, 5) is 17.0. The van der Waals surface area contributed by atoms with Gasteiger partial charge in [-0.2, -0.15) is 0 Å². The van der Waals surface area contributed by atoms with Crippen molar-refractivity contribution in [2.75, 3.05) is 0 Å². The van der Waals surface area contributed by atoms with Gasteiger partial charge in [-0.05, 0) is 50.6 Å². The summed E-state index contributed by atoms with van der Waals surface area (Å²) in [7, 11) is 0. The van der Waals surface area contributed by atoms with Gasteiger partial charge in [0, 0.05) is 0 Å². The molecule has 1 aliphatic rings. The second kappa shape index (κ2) is 7.08. The van der Waals surface area contributed by atoms with Gasteiger partial charge >= 0.3 is 5.97 Å². The van der Waals surface area contributed by atoms with Crippen molar-refractivity contribution in [3.05, 3.63) is 47.9 Å². The molecule has 0 amide bonds. The summed E-state index contributed by atoms with van der Waals surface area (Å²) >= 11 is 0. The largest absolute Gasteiger partial charge is 0.481 e. The van der Waals surface area contributed by atoms with E-state index in [4.69, 9.17) is 25.4 Å². The number of rotatable bonds is 5. The van der Waals surface area contributed by atoms with Crippen LogP contribution in [-0.2, 0) is 9.53 Å². The van der Waals surface area contributed by atoms with E-state index in [2.05, 4.69) is 4.99 Å². The maximum Gasteiger partial charge on any atom is 0.328 e. The summed E-state index contributed by atoms with van der Waals surface area (Å²) in [5.41, 5.74) is 12.3. The fourth-order valence-electron chi connectivity index (χ4n) is 2.82. The molecule has 0 bridgehead atoms. The number of ether oxygens (including phenoxy) is 2. The van der Waals surface area contributed by atoms with Crippen LogP contribution in [0, 0.1) is 0 Å². The van der Waals surface area contributed by atoms with Crippen LogP contribution >= 0.6 is 0 Å². The smallest absolute Gasteiger partial charge is 0.328 e. The molecule has 1 aromatic heterocycles.